The molecular weight excluding hydrogens is 188 g/mol. The Hall–Kier alpha value is -1.97. The van der Waals surface area contributed by atoms with E-state index in [1.54, 1.807) is 6.20 Å². The molecule has 0 amide bonds. The summed E-state index contributed by atoms with van der Waals surface area (Å²) in [5.74, 6) is 0.904. The highest BCUT2D eigenvalue weighted by Gasteiger charge is 2.06. The largest absolute Gasteiger partial charge is 0.342 e. The van der Waals surface area contributed by atoms with E-state index in [0.29, 0.717) is 0 Å². The maximum Gasteiger partial charge on any atom is 0.117 e. The summed E-state index contributed by atoms with van der Waals surface area (Å²) >= 11 is 0. The Morgan fingerprint density at radius 2 is 1.93 bits per heavy atom. The maximum atomic E-state index is 4.47. The monoisotopic (exact) mass is 198 g/mol. The van der Waals surface area contributed by atoms with E-state index in [9.17, 15) is 0 Å². The first-order valence-corrected chi connectivity index (χ1v) is 4.83. The Kier molecular flexibility index (Phi) is 1.54. The number of aromatic nitrogens is 4. The van der Waals surface area contributed by atoms with Crippen molar-refractivity contribution < 1.29 is 0 Å². The highest BCUT2D eigenvalue weighted by molar-refractivity contribution is 5.99. The van der Waals surface area contributed by atoms with Crippen LogP contribution in [0.2, 0.25) is 0 Å². The molecule has 15 heavy (non-hydrogen) atoms. The molecule has 0 bridgehead atoms. The van der Waals surface area contributed by atoms with Gasteiger partial charge in [0.05, 0.1) is 16.7 Å². The van der Waals surface area contributed by atoms with E-state index < -0.39 is 0 Å². The van der Waals surface area contributed by atoms with Crippen LogP contribution in [0.25, 0.3) is 22.1 Å². The first-order chi connectivity index (χ1) is 7.24. The molecule has 2 aromatic heterocycles. The zero-order valence-electron chi connectivity index (χ0n) is 8.57. The molecule has 0 aliphatic heterocycles. The molecule has 0 saturated carbocycles. The van der Waals surface area contributed by atoms with Gasteiger partial charge in [-0.05, 0) is 26.0 Å². The van der Waals surface area contributed by atoms with E-state index in [1.807, 2.05) is 26.0 Å². The molecule has 0 fully saturated rings. The lowest BCUT2D eigenvalue weighted by molar-refractivity contribution is 1.16. The number of nitrogens with zero attached hydrogens (tertiary/aromatic N) is 3. The molecule has 0 unspecified atom stereocenters. The van der Waals surface area contributed by atoms with E-state index in [1.165, 1.54) is 0 Å². The minimum absolute atomic E-state index is 0.872. The summed E-state index contributed by atoms with van der Waals surface area (Å²) in [4.78, 5) is 16.4. The van der Waals surface area contributed by atoms with Gasteiger partial charge in [0.2, 0.25) is 0 Å². The molecule has 0 radical (unpaired) electrons. The van der Waals surface area contributed by atoms with Crippen molar-refractivity contribution in [3.63, 3.8) is 0 Å². The Labute approximate surface area is 86.4 Å². The first-order valence-electron chi connectivity index (χ1n) is 4.83. The predicted molar refractivity (Wildman–Crippen MR) is 58.7 cm³/mol. The smallest absolute Gasteiger partial charge is 0.117 e. The van der Waals surface area contributed by atoms with Crippen molar-refractivity contribution in [1.82, 2.24) is 19.9 Å². The van der Waals surface area contributed by atoms with Crippen molar-refractivity contribution in [3.8, 4) is 0 Å². The van der Waals surface area contributed by atoms with Gasteiger partial charge in [-0.25, -0.2) is 9.97 Å². The van der Waals surface area contributed by atoms with E-state index in [2.05, 4.69) is 19.9 Å². The lowest BCUT2D eigenvalue weighted by Crippen LogP contribution is -1.87. The topological polar surface area (TPSA) is 54.5 Å². The van der Waals surface area contributed by atoms with Crippen molar-refractivity contribution in [2.75, 3.05) is 0 Å². The number of nitrogens with one attached hydrogen (secondary N) is 1. The number of hydrogen-bond donors (Lipinski definition) is 1. The van der Waals surface area contributed by atoms with Crippen LogP contribution in [0.1, 0.15) is 11.5 Å². The van der Waals surface area contributed by atoms with Gasteiger partial charge in [0, 0.05) is 6.20 Å². The first kappa shape index (κ1) is 8.35. The summed E-state index contributed by atoms with van der Waals surface area (Å²) in [5, 5.41) is 0. The predicted octanol–water partition coefficient (Wildman–Crippen LogP) is 2.12. The molecule has 0 aliphatic rings. The third-order valence-corrected chi connectivity index (χ3v) is 2.40. The summed E-state index contributed by atoms with van der Waals surface area (Å²) in [6.07, 6.45) is 1.77. The second-order valence-corrected chi connectivity index (χ2v) is 3.66. The number of aryl methyl sites for hydroxylation is 2. The van der Waals surface area contributed by atoms with E-state index in [0.717, 1.165) is 33.6 Å². The van der Waals surface area contributed by atoms with Crippen molar-refractivity contribution in [2.45, 2.75) is 13.8 Å². The molecule has 4 heteroatoms. The average Bonchev–Trinajstić information content (AvgIpc) is 2.58. The van der Waals surface area contributed by atoms with Gasteiger partial charge < -0.3 is 4.98 Å². The van der Waals surface area contributed by atoms with Gasteiger partial charge in [0.25, 0.3) is 0 Å². The Morgan fingerprint density at radius 3 is 2.80 bits per heavy atom. The number of rotatable bonds is 0. The molecule has 3 rings (SSSR count). The molecule has 4 nitrogen and oxygen atoms in total. The number of H-pyrrole nitrogens is 1. The highest BCUT2D eigenvalue weighted by Crippen LogP contribution is 2.20. The van der Waals surface area contributed by atoms with E-state index in [-0.39, 0.29) is 0 Å². The SMILES string of the molecule is Cc1cnc2ccc3[nH]c(C)nc3c2n1. The Morgan fingerprint density at radius 1 is 1.07 bits per heavy atom. The molecule has 1 aromatic carbocycles. The third-order valence-electron chi connectivity index (χ3n) is 2.40. The standard InChI is InChI=1S/C11H10N4/c1-6-5-12-8-3-4-9-11(10(8)13-6)15-7(2)14-9/h3-5H,1-2H3,(H,14,15). The molecule has 0 aliphatic carbocycles. The summed E-state index contributed by atoms with van der Waals surface area (Å²) in [7, 11) is 0. The van der Waals surface area contributed by atoms with Crippen molar-refractivity contribution >= 4 is 22.1 Å². The average molecular weight is 198 g/mol. The van der Waals surface area contributed by atoms with Crippen LogP contribution in [-0.2, 0) is 0 Å². The normalized spacial score (nSPS) is 11.3. The maximum absolute atomic E-state index is 4.47. The van der Waals surface area contributed by atoms with E-state index >= 15 is 0 Å². The third kappa shape index (κ3) is 1.18. The molecule has 74 valence electrons. The lowest BCUT2D eigenvalue weighted by Gasteiger charge is -1.97. The van der Waals surface area contributed by atoms with Crippen LogP contribution in [0, 0.1) is 13.8 Å². The van der Waals surface area contributed by atoms with Gasteiger partial charge in [-0.3, -0.25) is 4.98 Å². The second kappa shape index (κ2) is 2.76. The number of benzene rings is 1. The van der Waals surface area contributed by atoms with E-state index in [4.69, 9.17) is 0 Å². The Balaban J connectivity index is 2.56. The lowest BCUT2D eigenvalue weighted by atomic mass is 10.2. The molecule has 0 saturated heterocycles. The molecule has 0 spiro atoms. The molecule has 0 atom stereocenters. The van der Waals surface area contributed by atoms with Crippen molar-refractivity contribution in [1.29, 1.82) is 0 Å². The summed E-state index contributed by atoms with van der Waals surface area (Å²) in [5.41, 5.74) is 4.59. The van der Waals surface area contributed by atoms with Gasteiger partial charge in [-0.1, -0.05) is 0 Å². The zero-order chi connectivity index (χ0) is 10.4. The highest BCUT2D eigenvalue weighted by atomic mass is 14.9. The minimum atomic E-state index is 0.872. The van der Waals surface area contributed by atoms with Crippen LogP contribution in [0.15, 0.2) is 18.3 Å². The summed E-state index contributed by atoms with van der Waals surface area (Å²) in [6, 6.07) is 3.95. The second-order valence-electron chi connectivity index (χ2n) is 3.66. The number of hydrogen-bond acceptors (Lipinski definition) is 3. The van der Waals surface area contributed by atoms with Crippen LogP contribution in [0.3, 0.4) is 0 Å². The van der Waals surface area contributed by atoms with Crippen LogP contribution in [0.5, 0.6) is 0 Å². The number of imidazole rings is 1. The van der Waals surface area contributed by atoms with Crippen LogP contribution in [-0.4, -0.2) is 19.9 Å². The minimum Gasteiger partial charge on any atom is -0.342 e. The molecular formula is C11H10N4. The van der Waals surface area contributed by atoms with Crippen molar-refractivity contribution in [3.05, 3.63) is 29.8 Å². The van der Waals surface area contributed by atoms with Gasteiger partial charge in [-0.15, -0.1) is 0 Å². The zero-order valence-corrected chi connectivity index (χ0v) is 8.57. The fourth-order valence-electron chi connectivity index (χ4n) is 1.76. The van der Waals surface area contributed by atoms with Gasteiger partial charge in [0.1, 0.15) is 16.9 Å². The van der Waals surface area contributed by atoms with Crippen LogP contribution >= 0.6 is 0 Å². The fourth-order valence-corrected chi connectivity index (χ4v) is 1.76. The molecule has 2 heterocycles. The summed E-state index contributed by atoms with van der Waals surface area (Å²) in [6.45, 7) is 3.87. The van der Waals surface area contributed by atoms with Gasteiger partial charge in [-0.2, -0.15) is 0 Å². The van der Waals surface area contributed by atoms with Gasteiger partial charge >= 0.3 is 0 Å². The quantitative estimate of drug-likeness (QED) is 0.602. The van der Waals surface area contributed by atoms with Crippen molar-refractivity contribution in [2.24, 2.45) is 0 Å². The number of fused-ring (bicyclic) bond motifs is 3. The van der Waals surface area contributed by atoms with Gasteiger partial charge in [0.15, 0.2) is 0 Å². The number of aromatic amines is 1. The molecule has 3 aromatic rings. The fraction of sp³-hybridized carbons (Fsp3) is 0.182. The Bertz CT molecular complexity index is 654. The summed E-state index contributed by atoms with van der Waals surface area (Å²) < 4.78 is 0. The van der Waals surface area contributed by atoms with Crippen LogP contribution < -0.4 is 0 Å². The van der Waals surface area contributed by atoms with Crippen LogP contribution in [0.4, 0.5) is 0 Å². The molecule has 1 N–H and O–H groups in total.